The number of benzene rings is 3. The molecule has 26 heavy (non-hydrogen) atoms. The van der Waals surface area contributed by atoms with Gasteiger partial charge in [-0.05, 0) is 11.1 Å². The molecule has 5 rings (SSSR count). The Kier molecular flexibility index (Phi) is 3.12. The van der Waals surface area contributed by atoms with Gasteiger partial charge in [-0.15, -0.1) is 0 Å². The lowest BCUT2D eigenvalue weighted by Gasteiger charge is -2.22. The van der Waals surface area contributed by atoms with Crippen LogP contribution in [0.1, 0.15) is 5.56 Å². The summed E-state index contributed by atoms with van der Waals surface area (Å²) in [6.45, 7) is 0.413. The summed E-state index contributed by atoms with van der Waals surface area (Å²) in [4.78, 5) is 12.7. The number of phenols is 1. The summed E-state index contributed by atoms with van der Waals surface area (Å²) in [7, 11) is 0. The molecule has 1 aliphatic heterocycles. The smallest absolute Gasteiger partial charge is 0.197 e. The maximum atomic E-state index is 12.7. The van der Waals surface area contributed by atoms with Crippen molar-refractivity contribution in [1.29, 1.82) is 0 Å². The fourth-order valence-corrected chi connectivity index (χ4v) is 3.45. The lowest BCUT2D eigenvalue weighted by atomic mass is 9.94. The molecule has 0 saturated heterocycles. The first-order chi connectivity index (χ1) is 12.7. The van der Waals surface area contributed by atoms with Crippen LogP contribution in [0.3, 0.4) is 0 Å². The van der Waals surface area contributed by atoms with Gasteiger partial charge in [0.05, 0.1) is 5.56 Å². The molecule has 0 saturated carbocycles. The molecule has 0 unspecified atom stereocenters. The van der Waals surface area contributed by atoms with E-state index < -0.39 is 0 Å². The van der Waals surface area contributed by atoms with Gasteiger partial charge in [-0.3, -0.25) is 4.79 Å². The zero-order valence-corrected chi connectivity index (χ0v) is 13.7. The van der Waals surface area contributed by atoms with E-state index in [1.165, 1.54) is 12.1 Å². The zero-order chi connectivity index (χ0) is 17.7. The molecule has 1 N–H and O–H groups in total. The number of phenolic OH excluding ortho intramolecular Hbond substituents is 1. The molecule has 4 heteroatoms. The predicted octanol–water partition coefficient (Wildman–Crippen LogP) is 4.73. The summed E-state index contributed by atoms with van der Waals surface area (Å²) in [6, 6.07) is 20.2. The molecule has 0 radical (unpaired) electrons. The Morgan fingerprint density at radius 1 is 0.923 bits per heavy atom. The van der Waals surface area contributed by atoms with Crippen molar-refractivity contribution in [1.82, 2.24) is 0 Å². The van der Waals surface area contributed by atoms with Crippen molar-refractivity contribution in [2.45, 2.75) is 6.61 Å². The van der Waals surface area contributed by atoms with Gasteiger partial charge in [0.25, 0.3) is 0 Å². The molecule has 0 atom stereocenters. The molecule has 0 aliphatic carbocycles. The first-order valence-corrected chi connectivity index (χ1v) is 8.33. The first-order valence-electron chi connectivity index (χ1n) is 8.33. The summed E-state index contributed by atoms with van der Waals surface area (Å²) >= 11 is 0. The first kappa shape index (κ1) is 14.8. The van der Waals surface area contributed by atoms with Gasteiger partial charge in [-0.1, -0.05) is 54.6 Å². The van der Waals surface area contributed by atoms with Crippen molar-refractivity contribution in [3.8, 4) is 33.9 Å². The number of rotatable bonds is 1. The van der Waals surface area contributed by atoms with Crippen LogP contribution in [0, 0.1) is 0 Å². The van der Waals surface area contributed by atoms with E-state index in [1.807, 2.05) is 54.6 Å². The van der Waals surface area contributed by atoms with E-state index in [0.717, 1.165) is 16.7 Å². The zero-order valence-electron chi connectivity index (χ0n) is 13.7. The van der Waals surface area contributed by atoms with Crippen molar-refractivity contribution >= 4 is 11.0 Å². The molecule has 4 aromatic rings. The predicted molar refractivity (Wildman–Crippen MR) is 99.4 cm³/mol. The highest BCUT2D eigenvalue weighted by molar-refractivity contribution is 6.00. The second-order valence-corrected chi connectivity index (χ2v) is 6.26. The lowest BCUT2D eigenvalue weighted by molar-refractivity contribution is 0.300. The third kappa shape index (κ3) is 2.12. The second kappa shape index (κ2) is 5.49. The summed E-state index contributed by atoms with van der Waals surface area (Å²) in [5, 5.41) is 10.5. The van der Waals surface area contributed by atoms with Crippen molar-refractivity contribution in [2.24, 2.45) is 0 Å². The van der Waals surface area contributed by atoms with Crippen LogP contribution in [0.15, 0.2) is 75.9 Å². The summed E-state index contributed by atoms with van der Waals surface area (Å²) < 4.78 is 11.9. The van der Waals surface area contributed by atoms with Crippen LogP contribution in [0.2, 0.25) is 0 Å². The highest BCUT2D eigenvalue weighted by atomic mass is 16.5. The van der Waals surface area contributed by atoms with Crippen LogP contribution in [0.4, 0.5) is 0 Å². The Balaban J connectivity index is 1.91. The largest absolute Gasteiger partial charge is 0.507 e. The van der Waals surface area contributed by atoms with Gasteiger partial charge in [-0.25, -0.2) is 0 Å². The summed E-state index contributed by atoms with van der Waals surface area (Å²) in [5.74, 6) is 0.840. The van der Waals surface area contributed by atoms with Crippen molar-refractivity contribution in [3.63, 3.8) is 0 Å². The van der Waals surface area contributed by atoms with E-state index >= 15 is 0 Å². The Hall–Kier alpha value is -3.53. The van der Waals surface area contributed by atoms with E-state index in [9.17, 15) is 9.90 Å². The van der Waals surface area contributed by atoms with Gasteiger partial charge in [-0.2, -0.15) is 0 Å². The van der Waals surface area contributed by atoms with E-state index in [-0.39, 0.29) is 16.6 Å². The van der Waals surface area contributed by atoms with Crippen LogP contribution in [0.5, 0.6) is 11.5 Å². The number of hydrogen-bond acceptors (Lipinski definition) is 4. The van der Waals surface area contributed by atoms with Crippen LogP contribution < -0.4 is 10.2 Å². The fraction of sp³-hybridized carbons (Fsp3) is 0.0455. The molecule has 2 heterocycles. The third-order valence-corrected chi connectivity index (χ3v) is 4.67. The molecule has 0 spiro atoms. The monoisotopic (exact) mass is 342 g/mol. The molecule has 0 bridgehead atoms. The molecule has 0 fully saturated rings. The lowest BCUT2D eigenvalue weighted by Crippen LogP contribution is -2.08. The van der Waals surface area contributed by atoms with Gasteiger partial charge in [0.15, 0.2) is 11.0 Å². The molecular weight excluding hydrogens is 328 g/mol. The minimum atomic E-state index is -0.284. The Morgan fingerprint density at radius 3 is 2.54 bits per heavy atom. The minimum Gasteiger partial charge on any atom is -0.507 e. The third-order valence-electron chi connectivity index (χ3n) is 4.67. The van der Waals surface area contributed by atoms with Gasteiger partial charge < -0.3 is 14.3 Å². The highest BCUT2D eigenvalue weighted by Crippen LogP contribution is 2.45. The van der Waals surface area contributed by atoms with Crippen molar-refractivity contribution in [2.75, 3.05) is 0 Å². The normalized spacial score (nSPS) is 12.3. The van der Waals surface area contributed by atoms with Gasteiger partial charge in [0.1, 0.15) is 29.3 Å². The Morgan fingerprint density at radius 2 is 1.69 bits per heavy atom. The SMILES string of the molecule is O=c1cc(-c2ccccc2)oc2c3c(cc(O)c12)OCc1ccccc1-3. The topological polar surface area (TPSA) is 59.7 Å². The number of ether oxygens (including phenoxy) is 1. The number of hydrogen-bond donors (Lipinski definition) is 1. The minimum absolute atomic E-state index is 0.133. The average Bonchev–Trinajstić information content (AvgIpc) is 2.68. The van der Waals surface area contributed by atoms with Gasteiger partial charge in [0, 0.05) is 17.7 Å². The standard InChI is InChI=1S/C22H14O4/c23-16-10-18(13-6-2-1-3-7-13)26-22-20-15-9-5-4-8-14(15)12-25-19(20)11-17(24)21(16)22/h1-11,24H,12H2. The molecular formula is C22H14O4. The van der Waals surface area contributed by atoms with E-state index in [0.29, 0.717) is 29.3 Å². The van der Waals surface area contributed by atoms with Gasteiger partial charge >= 0.3 is 0 Å². The van der Waals surface area contributed by atoms with E-state index in [1.54, 1.807) is 0 Å². The summed E-state index contributed by atoms with van der Waals surface area (Å²) in [5.41, 5.74) is 3.53. The molecule has 4 nitrogen and oxygen atoms in total. The van der Waals surface area contributed by atoms with Gasteiger partial charge in [0.2, 0.25) is 0 Å². The van der Waals surface area contributed by atoms with Crippen LogP contribution >= 0.6 is 0 Å². The summed E-state index contributed by atoms with van der Waals surface area (Å²) in [6.07, 6.45) is 0. The van der Waals surface area contributed by atoms with E-state index in [4.69, 9.17) is 9.15 Å². The average molecular weight is 342 g/mol. The molecule has 1 aliphatic rings. The molecule has 126 valence electrons. The Bertz CT molecular complexity index is 1210. The van der Waals surface area contributed by atoms with E-state index in [2.05, 4.69) is 0 Å². The molecule has 0 amide bonds. The molecule has 3 aromatic carbocycles. The number of fused-ring (bicyclic) bond motifs is 5. The number of aromatic hydroxyl groups is 1. The van der Waals surface area contributed by atoms with Crippen LogP contribution in [-0.2, 0) is 6.61 Å². The quantitative estimate of drug-likeness (QED) is 0.543. The van der Waals surface area contributed by atoms with Crippen LogP contribution in [0.25, 0.3) is 33.4 Å². The maximum absolute atomic E-state index is 12.7. The van der Waals surface area contributed by atoms with Crippen LogP contribution in [-0.4, -0.2) is 5.11 Å². The maximum Gasteiger partial charge on any atom is 0.197 e. The highest BCUT2D eigenvalue weighted by Gasteiger charge is 2.25. The Labute approximate surface area is 148 Å². The second-order valence-electron chi connectivity index (χ2n) is 6.26. The molecule has 1 aromatic heterocycles. The fourth-order valence-electron chi connectivity index (χ4n) is 3.45. The van der Waals surface area contributed by atoms with Crippen molar-refractivity contribution < 1.29 is 14.3 Å². The van der Waals surface area contributed by atoms with Crippen molar-refractivity contribution in [3.05, 3.63) is 82.5 Å².